The highest BCUT2D eigenvalue weighted by Crippen LogP contribution is 2.21. The Hall–Kier alpha value is -3.20. The monoisotopic (exact) mass is 397 g/mol. The molecule has 0 bridgehead atoms. The fourth-order valence-electron chi connectivity index (χ4n) is 2.39. The summed E-state index contributed by atoms with van der Waals surface area (Å²) in [7, 11) is 1.83. The summed E-state index contributed by atoms with van der Waals surface area (Å²) in [6.45, 7) is 2.07. The van der Waals surface area contributed by atoms with Crippen LogP contribution in [0.25, 0.3) is 11.5 Å². The molecule has 8 nitrogen and oxygen atoms in total. The van der Waals surface area contributed by atoms with Crippen LogP contribution in [0.1, 0.15) is 17.3 Å². The highest BCUT2D eigenvalue weighted by Gasteiger charge is 2.14. The molecule has 2 aromatic heterocycles. The number of hydrogen-bond acceptors (Lipinski definition) is 7. The molecule has 144 valence electrons. The minimum Gasteiger partial charge on any atom is -0.462 e. The van der Waals surface area contributed by atoms with Crippen LogP contribution in [0.2, 0.25) is 0 Å². The predicted molar refractivity (Wildman–Crippen MR) is 106 cm³/mol. The number of carbonyl (C=O) groups excluding carboxylic acids is 2. The van der Waals surface area contributed by atoms with Crippen molar-refractivity contribution in [2.45, 2.75) is 12.1 Å². The summed E-state index contributed by atoms with van der Waals surface area (Å²) in [5.74, 6) is 0.240. The first-order valence-electron chi connectivity index (χ1n) is 8.59. The summed E-state index contributed by atoms with van der Waals surface area (Å²) < 4.78 is 6.73. The molecule has 1 amide bonds. The lowest BCUT2D eigenvalue weighted by Gasteiger charge is -2.07. The van der Waals surface area contributed by atoms with Gasteiger partial charge in [-0.2, -0.15) is 0 Å². The van der Waals surface area contributed by atoms with E-state index in [1.54, 1.807) is 42.0 Å². The van der Waals surface area contributed by atoms with Gasteiger partial charge in [-0.15, -0.1) is 10.2 Å². The van der Waals surface area contributed by atoms with Crippen LogP contribution >= 0.6 is 11.8 Å². The highest BCUT2D eigenvalue weighted by molar-refractivity contribution is 7.99. The molecule has 0 spiro atoms. The van der Waals surface area contributed by atoms with Gasteiger partial charge in [0.05, 0.1) is 17.9 Å². The lowest BCUT2D eigenvalue weighted by Crippen LogP contribution is -2.14. The molecule has 0 aliphatic carbocycles. The number of nitrogens with zero attached hydrogens (tertiary/aromatic N) is 4. The average molecular weight is 397 g/mol. The van der Waals surface area contributed by atoms with Crippen LogP contribution in [-0.4, -0.2) is 44.0 Å². The molecule has 0 atom stereocenters. The minimum absolute atomic E-state index is 0.174. The average Bonchev–Trinajstić information content (AvgIpc) is 3.08. The Labute approximate surface area is 166 Å². The largest absolute Gasteiger partial charge is 0.462 e. The van der Waals surface area contributed by atoms with E-state index in [1.807, 2.05) is 25.2 Å². The third-order valence-corrected chi connectivity index (χ3v) is 4.76. The number of pyridine rings is 1. The summed E-state index contributed by atoms with van der Waals surface area (Å²) in [4.78, 5) is 28.1. The Balaban J connectivity index is 1.56. The molecule has 0 radical (unpaired) electrons. The van der Waals surface area contributed by atoms with Crippen LogP contribution in [0, 0.1) is 0 Å². The van der Waals surface area contributed by atoms with Crippen molar-refractivity contribution in [3.05, 3.63) is 54.2 Å². The number of hydrogen-bond donors (Lipinski definition) is 1. The van der Waals surface area contributed by atoms with Crippen molar-refractivity contribution in [3.8, 4) is 11.5 Å². The van der Waals surface area contributed by atoms with Gasteiger partial charge in [-0.1, -0.05) is 17.8 Å². The Morgan fingerprint density at radius 2 is 1.93 bits per heavy atom. The summed E-state index contributed by atoms with van der Waals surface area (Å²) in [5.41, 5.74) is 1.76. The van der Waals surface area contributed by atoms with Crippen molar-refractivity contribution in [1.82, 2.24) is 19.7 Å². The molecular weight excluding hydrogens is 378 g/mol. The van der Waals surface area contributed by atoms with Gasteiger partial charge in [-0.3, -0.25) is 9.78 Å². The van der Waals surface area contributed by atoms with Crippen LogP contribution in [0.4, 0.5) is 5.69 Å². The summed E-state index contributed by atoms with van der Waals surface area (Å²) in [6, 6.07) is 12.1. The van der Waals surface area contributed by atoms with Gasteiger partial charge < -0.3 is 14.6 Å². The Kier molecular flexibility index (Phi) is 6.38. The molecule has 1 N–H and O–H groups in total. The SMILES string of the molecule is CCOC(=O)c1ccc(NC(=O)CSc2nnc(-c3ccccn3)n2C)cc1. The van der Waals surface area contributed by atoms with Gasteiger partial charge in [-0.25, -0.2) is 4.79 Å². The number of rotatable bonds is 7. The molecule has 3 rings (SSSR count). The van der Waals surface area contributed by atoms with E-state index in [2.05, 4.69) is 20.5 Å². The topological polar surface area (TPSA) is 99.0 Å². The Morgan fingerprint density at radius 3 is 2.61 bits per heavy atom. The molecule has 0 aliphatic rings. The van der Waals surface area contributed by atoms with Crippen LogP contribution < -0.4 is 5.32 Å². The van der Waals surface area contributed by atoms with Crippen LogP contribution in [0.15, 0.2) is 53.8 Å². The number of carbonyl (C=O) groups is 2. The second kappa shape index (κ2) is 9.14. The number of nitrogens with one attached hydrogen (secondary N) is 1. The zero-order valence-corrected chi connectivity index (χ0v) is 16.3. The molecule has 9 heteroatoms. The second-order valence-electron chi connectivity index (χ2n) is 5.71. The van der Waals surface area contributed by atoms with E-state index in [9.17, 15) is 9.59 Å². The molecular formula is C19H19N5O3S. The smallest absolute Gasteiger partial charge is 0.338 e. The standard InChI is InChI=1S/C19H19N5O3S/c1-3-27-18(26)13-7-9-14(10-8-13)21-16(25)12-28-19-23-22-17(24(19)2)15-6-4-5-11-20-15/h4-11H,3,12H2,1-2H3,(H,21,25). The maximum atomic E-state index is 12.2. The predicted octanol–water partition coefficient (Wildman–Crippen LogP) is 2.78. The summed E-state index contributed by atoms with van der Waals surface area (Å²) in [6.07, 6.45) is 1.69. The van der Waals surface area contributed by atoms with Gasteiger partial charge in [0, 0.05) is 18.9 Å². The van der Waals surface area contributed by atoms with Gasteiger partial charge >= 0.3 is 5.97 Å². The number of aromatic nitrogens is 4. The maximum Gasteiger partial charge on any atom is 0.338 e. The number of amides is 1. The zero-order chi connectivity index (χ0) is 19.9. The van der Waals surface area contributed by atoms with Gasteiger partial charge in [-0.05, 0) is 43.3 Å². The van der Waals surface area contributed by atoms with Crippen LogP contribution in [-0.2, 0) is 16.6 Å². The first kappa shape index (κ1) is 19.6. The number of thioether (sulfide) groups is 1. The van der Waals surface area contributed by atoms with E-state index in [0.717, 1.165) is 5.69 Å². The fourth-order valence-corrected chi connectivity index (χ4v) is 3.10. The molecule has 28 heavy (non-hydrogen) atoms. The Bertz CT molecular complexity index is 957. The molecule has 3 aromatic rings. The van der Waals surface area contributed by atoms with Crippen molar-refractivity contribution >= 4 is 29.3 Å². The van der Waals surface area contributed by atoms with E-state index >= 15 is 0 Å². The molecule has 0 fully saturated rings. The van der Waals surface area contributed by atoms with Crippen molar-refractivity contribution in [3.63, 3.8) is 0 Å². The number of anilines is 1. The first-order valence-corrected chi connectivity index (χ1v) is 9.57. The highest BCUT2D eigenvalue weighted by atomic mass is 32.2. The third kappa shape index (κ3) is 4.74. The molecule has 2 heterocycles. The molecule has 0 aliphatic heterocycles. The molecule has 0 unspecified atom stereocenters. The molecule has 0 saturated carbocycles. The molecule has 0 saturated heterocycles. The maximum absolute atomic E-state index is 12.2. The van der Waals surface area contributed by atoms with E-state index < -0.39 is 0 Å². The fraction of sp³-hybridized carbons (Fsp3) is 0.211. The van der Waals surface area contributed by atoms with E-state index in [1.165, 1.54) is 11.8 Å². The number of esters is 1. The lowest BCUT2D eigenvalue weighted by atomic mass is 10.2. The van der Waals surface area contributed by atoms with Crippen molar-refractivity contribution < 1.29 is 14.3 Å². The van der Waals surface area contributed by atoms with E-state index in [4.69, 9.17) is 4.74 Å². The lowest BCUT2D eigenvalue weighted by molar-refractivity contribution is -0.113. The van der Waals surface area contributed by atoms with Gasteiger partial charge in [0.2, 0.25) is 5.91 Å². The van der Waals surface area contributed by atoms with Gasteiger partial charge in [0.1, 0.15) is 5.69 Å². The van der Waals surface area contributed by atoms with E-state index in [-0.39, 0.29) is 17.6 Å². The Morgan fingerprint density at radius 1 is 1.14 bits per heavy atom. The van der Waals surface area contributed by atoms with Crippen molar-refractivity contribution in [2.75, 3.05) is 17.7 Å². The van der Waals surface area contributed by atoms with Crippen LogP contribution in [0.5, 0.6) is 0 Å². The summed E-state index contributed by atoms with van der Waals surface area (Å²) >= 11 is 1.28. The first-order chi connectivity index (χ1) is 13.6. The number of ether oxygens (including phenoxy) is 1. The third-order valence-electron chi connectivity index (χ3n) is 3.74. The second-order valence-corrected chi connectivity index (χ2v) is 6.66. The molecule has 1 aromatic carbocycles. The zero-order valence-electron chi connectivity index (χ0n) is 15.5. The van der Waals surface area contributed by atoms with Crippen LogP contribution in [0.3, 0.4) is 0 Å². The van der Waals surface area contributed by atoms with Crippen molar-refractivity contribution in [2.24, 2.45) is 7.05 Å². The van der Waals surface area contributed by atoms with Gasteiger partial charge in [0.15, 0.2) is 11.0 Å². The number of benzene rings is 1. The quantitative estimate of drug-likeness (QED) is 0.483. The summed E-state index contributed by atoms with van der Waals surface area (Å²) in [5, 5.41) is 11.7. The van der Waals surface area contributed by atoms with Crippen molar-refractivity contribution in [1.29, 1.82) is 0 Å². The van der Waals surface area contributed by atoms with Gasteiger partial charge in [0.25, 0.3) is 0 Å². The normalized spacial score (nSPS) is 10.5. The minimum atomic E-state index is -0.387. The van der Waals surface area contributed by atoms with E-state index in [0.29, 0.717) is 28.8 Å².